The van der Waals surface area contributed by atoms with Crippen LogP contribution in [0.4, 0.5) is 11.4 Å². The molecule has 1 saturated heterocycles. The number of halogens is 1. The van der Waals surface area contributed by atoms with Crippen molar-refractivity contribution in [1.82, 2.24) is 15.6 Å². The number of aromatic nitrogens is 1. The number of alkyl halides is 1. The van der Waals surface area contributed by atoms with Crippen LogP contribution < -0.4 is 21.3 Å². The Hall–Kier alpha value is -4.41. The number of ether oxygens (including phenoxy) is 1. The summed E-state index contributed by atoms with van der Waals surface area (Å²) in [6.07, 6.45) is 1.47. The number of para-hydroxylation sites is 1. The zero-order chi connectivity index (χ0) is 27.9. The predicted molar refractivity (Wildman–Crippen MR) is 158 cm³/mol. The molecule has 0 spiro atoms. The number of piperazine rings is 1. The highest BCUT2D eigenvalue weighted by Crippen LogP contribution is 2.34. The monoisotopic (exact) mass is 565 g/mol. The van der Waals surface area contributed by atoms with Gasteiger partial charge in [0, 0.05) is 43.5 Å². The van der Waals surface area contributed by atoms with Crippen LogP contribution in [0, 0.1) is 10.1 Å². The Morgan fingerprint density at radius 2 is 1.52 bits per heavy atom. The Bertz CT molecular complexity index is 1520. The van der Waals surface area contributed by atoms with E-state index in [4.69, 9.17) is 4.74 Å². The highest BCUT2D eigenvalue weighted by atomic mass is 35.5. The van der Waals surface area contributed by atoms with Gasteiger partial charge < -0.3 is 20.7 Å². The molecule has 0 bridgehead atoms. The third-order valence-corrected chi connectivity index (χ3v) is 6.71. The molecule has 40 heavy (non-hydrogen) atoms. The molecule has 1 aliphatic rings. The quantitative estimate of drug-likeness (QED) is 0.199. The summed E-state index contributed by atoms with van der Waals surface area (Å²) in [5, 5.41) is 12.9. The number of fused-ring (bicyclic) bond motifs is 1. The number of carbonyl (C=O) groups is 1. The molecule has 1 aromatic heterocycles. The molecule has 1 amide bonds. The molecule has 3 aromatic carbocycles. The van der Waals surface area contributed by atoms with Gasteiger partial charge in [0.2, 0.25) is 0 Å². The van der Waals surface area contributed by atoms with Gasteiger partial charge in [-0.2, -0.15) is 0 Å². The number of nitrogens with zero attached hydrogens (tertiary/aromatic N) is 4. The van der Waals surface area contributed by atoms with Crippen LogP contribution in [0.1, 0.15) is 15.9 Å². The van der Waals surface area contributed by atoms with Crippen LogP contribution >= 0.6 is 11.6 Å². The standard InChI is InChI=1S/C28H26N4O5.CH3Cl.H3N/c1-37-22-13-11-21(12-14-22)27(33)30-17-15-29(16-18-30)25-23-9-5-6-10-24(23)31(28(34)26(25)32(35)36)19-20-7-3-2-4-8-20;1-2;/h2-14H,15-19H2,1H3;1H3;1H3. The predicted octanol–water partition coefficient (Wildman–Crippen LogP) is 4.95. The zero-order valence-electron chi connectivity index (χ0n) is 22.5. The molecule has 3 N–H and O–H groups in total. The first kappa shape index (κ1) is 30.1. The first-order valence-corrected chi connectivity index (χ1v) is 13.1. The topological polar surface area (TPSA) is 133 Å². The van der Waals surface area contributed by atoms with Crippen LogP contribution in [0.5, 0.6) is 5.75 Å². The van der Waals surface area contributed by atoms with Crippen molar-refractivity contribution < 1.29 is 14.5 Å². The lowest BCUT2D eigenvalue weighted by atomic mass is 10.1. The summed E-state index contributed by atoms with van der Waals surface area (Å²) in [5.41, 5.74) is 1.29. The van der Waals surface area contributed by atoms with E-state index in [2.05, 4.69) is 11.6 Å². The Labute approximate surface area is 237 Å². The van der Waals surface area contributed by atoms with E-state index in [0.29, 0.717) is 54.1 Å². The molecule has 5 rings (SSSR count). The summed E-state index contributed by atoms with van der Waals surface area (Å²) in [6, 6.07) is 23.6. The lowest BCUT2D eigenvalue weighted by Crippen LogP contribution is -2.49. The van der Waals surface area contributed by atoms with Gasteiger partial charge in [0.05, 0.1) is 24.1 Å². The highest BCUT2D eigenvalue weighted by molar-refractivity contribution is 6.15. The molecular weight excluding hydrogens is 534 g/mol. The molecule has 210 valence electrons. The van der Waals surface area contributed by atoms with Crippen molar-refractivity contribution in [3.05, 3.63) is 110 Å². The maximum Gasteiger partial charge on any atom is 0.357 e. The van der Waals surface area contributed by atoms with Crippen LogP contribution in [0.3, 0.4) is 0 Å². The van der Waals surface area contributed by atoms with E-state index in [1.165, 1.54) is 11.0 Å². The Kier molecular flexibility index (Phi) is 10.2. The summed E-state index contributed by atoms with van der Waals surface area (Å²) in [5.74, 6) is 0.558. The molecule has 0 radical (unpaired) electrons. The SMILES string of the molecule is CCl.COc1ccc(C(=O)N2CCN(c3c([N+](=O)[O-])c(=O)n(Cc4ccccc4)c4ccccc34)CC2)cc1.N. The molecular formula is C29H32ClN5O5. The molecule has 0 atom stereocenters. The number of pyridine rings is 1. The number of methoxy groups -OCH3 is 1. The number of rotatable bonds is 6. The van der Waals surface area contributed by atoms with E-state index in [9.17, 15) is 19.7 Å². The first-order valence-electron chi connectivity index (χ1n) is 12.4. The largest absolute Gasteiger partial charge is 0.497 e. The van der Waals surface area contributed by atoms with Crippen molar-refractivity contribution in [2.75, 3.05) is 44.6 Å². The number of amides is 1. The van der Waals surface area contributed by atoms with Gasteiger partial charge in [-0.05, 0) is 35.9 Å². The van der Waals surface area contributed by atoms with Crippen molar-refractivity contribution in [1.29, 1.82) is 0 Å². The average molecular weight is 566 g/mol. The number of hydrogen-bond acceptors (Lipinski definition) is 7. The van der Waals surface area contributed by atoms with Crippen LogP contribution in [0.15, 0.2) is 83.7 Å². The summed E-state index contributed by atoms with van der Waals surface area (Å²) >= 11 is 4.64. The van der Waals surface area contributed by atoms with Crippen LogP contribution in [-0.2, 0) is 6.54 Å². The van der Waals surface area contributed by atoms with Crippen LogP contribution in [0.2, 0.25) is 0 Å². The fourth-order valence-corrected chi connectivity index (χ4v) is 4.83. The summed E-state index contributed by atoms with van der Waals surface area (Å²) in [6.45, 7) is 1.72. The maximum atomic E-state index is 13.5. The summed E-state index contributed by atoms with van der Waals surface area (Å²) in [4.78, 5) is 41.8. The Balaban J connectivity index is 0.00000144. The second-order valence-corrected chi connectivity index (χ2v) is 8.86. The van der Waals surface area contributed by atoms with Crippen molar-refractivity contribution >= 4 is 39.8 Å². The van der Waals surface area contributed by atoms with Crippen LogP contribution in [-0.4, -0.2) is 60.0 Å². The van der Waals surface area contributed by atoms with Gasteiger partial charge in [0.25, 0.3) is 5.91 Å². The van der Waals surface area contributed by atoms with E-state index in [-0.39, 0.29) is 18.6 Å². The number of benzene rings is 3. The molecule has 10 nitrogen and oxygen atoms in total. The van der Waals surface area contributed by atoms with Gasteiger partial charge in [-0.1, -0.05) is 48.5 Å². The number of hydrogen-bond donors (Lipinski definition) is 1. The fraction of sp³-hybridized carbons (Fsp3) is 0.241. The van der Waals surface area contributed by atoms with Crippen molar-refractivity contribution in [3.8, 4) is 5.75 Å². The van der Waals surface area contributed by atoms with E-state index < -0.39 is 16.2 Å². The average Bonchev–Trinajstić information content (AvgIpc) is 2.99. The number of nitro groups is 1. The normalized spacial score (nSPS) is 12.7. The highest BCUT2D eigenvalue weighted by Gasteiger charge is 2.32. The number of carbonyl (C=O) groups excluding carboxylic acids is 1. The van der Waals surface area contributed by atoms with E-state index >= 15 is 0 Å². The van der Waals surface area contributed by atoms with Gasteiger partial charge in [0.15, 0.2) is 0 Å². The minimum absolute atomic E-state index is 0. The molecule has 1 fully saturated rings. The number of anilines is 1. The molecule has 0 unspecified atom stereocenters. The second kappa shape index (κ2) is 13.6. The lowest BCUT2D eigenvalue weighted by Gasteiger charge is -2.36. The molecule has 2 heterocycles. The Morgan fingerprint density at radius 1 is 0.925 bits per heavy atom. The third kappa shape index (κ3) is 6.08. The second-order valence-electron chi connectivity index (χ2n) is 8.86. The molecule has 0 saturated carbocycles. The van der Waals surface area contributed by atoms with Crippen LogP contribution in [0.25, 0.3) is 10.9 Å². The minimum Gasteiger partial charge on any atom is -0.497 e. The molecule has 11 heteroatoms. The van der Waals surface area contributed by atoms with Gasteiger partial charge in [-0.3, -0.25) is 24.3 Å². The van der Waals surface area contributed by atoms with Gasteiger partial charge >= 0.3 is 11.2 Å². The zero-order valence-corrected chi connectivity index (χ0v) is 23.2. The van der Waals surface area contributed by atoms with Gasteiger partial charge in [-0.25, -0.2) is 0 Å². The maximum absolute atomic E-state index is 13.5. The minimum atomic E-state index is -0.640. The summed E-state index contributed by atoms with van der Waals surface area (Å²) in [7, 11) is 1.57. The molecule has 4 aromatic rings. The van der Waals surface area contributed by atoms with Crippen molar-refractivity contribution in [2.45, 2.75) is 6.54 Å². The lowest BCUT2D eigenvalue weighted by molar-refractivity contribution is -0.385. The Morgan fingerprint density at radius 3 is 2.12 bits per heavy atom. The molecule has 1 aliphatic heterocycles. The third-order valence-electron chi connectivity index (χ3n) is 6.71. The summed E-state index contributed by atoms with van der Waals surface area (Å²) < 4.78 is 6.63. The van der Waals surface area contributed by atoms with Gasteiger partial charge in [-0.15, -0.1) is 11.6 Å². The van der Waals surface area contributed by atoms with Gasteiger partial charge in [0.1, 0.15) is 11.4 Å². The fourth-order valence-electron chi connectivity index (χ4n) is 4.83. The van der Waals surface area contributed by atoms with E-state index in [0.717, 1.165) is 5.56 Å². The van der Waals surface area contributed by atoms with E-state index in [1.54, 1.807) is 36.3 Å². The van der Waals surface area contributed by atoms with E-state index in [1.807, 2.05) is 59.5 Å². The molecule has 0 aliphatic carbocycles. The first-order chi connectivity index (χ1) is 19.0. The van der Waals surface area contributed by atoms with Crippen molar-refractivity contribution in [2.24, 2.45) is 0 Å². The van der Waals surface area contributed by atoms with Crippen molar-refractivity contribution in [3.63, 3.8) is 0 Å². The smallest absolute Gasteiger partial charge is 0.357 e.